The number of hydrogen-bond donors (Lipinski definition) is 0. The molecule has 1 unspecified atom stereocenters. The summed E-state index contributed by atoms with van der Waals surface area (Å²) in [5, 5.41) is 7.77. The molecule has 0 aliphatic rings. The molecule has 0 bridgehead atoms. The summed E-state index contributed by atoms with van der Waals surface area (Å²) in [4.78, 5) is 4.21. The normalized spacial score (nSPS) is 14.3. The van der Waals surface area contributed by atoms with E-state index < -0.39 is 20.6 Å². The molecular formula is C13H15BrN2O2S. The van der Waals surface area contributed by atoms with Gasteiger partial charge in [0.1, 0.15) is 0 Å². The van der Waals surface area contributed by atoms with Gasteiger partial charge in [-0.15, -0.1) is 0 Å². The number of nitriles is 1. The average Bonchev–Trinajstić information content (AvgIpc) is 2.28. The number of rotatable bonds is 3. The summed E-state index contributed by atoms with van der Waals surface area (Å²) in [7, 11) is -3.72. The molecule has 19 heavy (non-hydrogen) atoms. The zero-order valence-corrected chi connectivity index (χ0v) is 13.4. The molecule has 1 aromatic rings. The molecule has 0 heterocycles. The third-order valence-corrected chi connectivity index (χ3v) is 4.55. The smallest absolute Gasteiger partial charge is 0.199 e. The van der Waals surface area contributed by atoms with Crippen LogP contribution >= 0.6 is 15.9 Å². The molecule has 0 aromatic heterocycles. The molecule has 0 fully saturated rings. The Labute approximate surface area is 122 Å². The Morgan fingerprint density at radius 1 is 1.32 bits per heavy atom. The summed E-state index contributed by atoms with van der Waals surface area (Å²) in [6, 6.07) is 7.97. The molecule has 0 amide bonds. The highest BCUT2D eigenvalue weighted by Gasteiger charge is 2.26. The van der Waals surface area contributed by atoms with Crippen molar-refractivity contribution in [1.29, 1.82) is 5.26 Å². The van der Waals surface area contributed by atoms with Gasteiger partial charge in [-0.3, -0.25) is 4.99 Å². The zero-order valence-electron chi connectivity index (χ0n) is 11.0. The van der Waals surface area contributed by atoms with E-state index in [-0.39, 0.29) is 4.90 Å². The van der Waals surface area contributed by atoms with Gasteiger partial charge < -0.3 is 0 Å². The van der Waals surface area contributed by atoms with Crippen LogP contribution in [0.5, 0.6) is 0 Å². The second kappa shape index (κ2) is 5.85. The molecule has 1 atom stereocenters. The molecule has 4 nitrogen and oxygen atoms in total. The molecular weight excluding hydrogens is 328 g/mol. The minimum atomic E-state index is -3.72. The van der Waals surface area contributed by atoms with E-state index in [4.69, 9.17) is 5.26 Å². The second-order valence-electron chi connectivity index (χ2n) is 5.00. The van der Waals surface area contributed by atoms with E-state index in [1.165, 1.54) is 18.3 Å². The third-order valence-electron chi connectivity index (χ3n) is 2.20. The van der Waals surface area contributed by atoms with Crippen LogP contribution in [0.2, 0.25) is 0 Å². The van der Waals surface area contributed by atoms with Crippen molar-refractivity contribution in [3.05, 3.63) is 28.7 Å². The predicted molar refractivity (Wildman–Crippen MR) is 79.0 cm³/mol. The lowest BCUT2D eigenvalue weighted by Gasteiger charge is -2.13. The van der Waals surface area contributed by atoms with Gasteiger partial charge in [-0.05, 0) is 45.0 Å². The Bertz CT molecular complexity index is 608. The molecule has 0 saturated heterocycles. The molecule has 0 spiro atoms. The average molecular weight is 343 g/mol. The van der Waals surface area contributed by atoms with Gasteiger partial charge in [-0.2, -0.15) is 5.26 Å². The van der Waals surface area contributed by atoms with Crippen molar-refractivity contribution in [2.24, 2.45) is 4.99 Å². The lowest BCUT2D eigenvalue weighted by Crippen LogP contribution is -2.23. The molecule has 1 rings (SSSR count). The number of benzene rings is 1. The predicted octanol–water partition coefficient (Wildman–Crippen LogP) is 2.98. The van der Waals surface area contributed by atoms with Crippen LogP contribution in [0.4, 0.5) is 0 Å². The van der Waals surface area contributed by atoms with Crippen LogP contribution in [-0.4, -0.2) is 25.4 Å². The largest absolute Gasteiger partial charge is 0.289 e. The fraction of sp³-hybridized carbons (Fsp3) is 0.385. The lowest BCUT2D eigenvalue weighted by atomic mass is 10.1. The van der Waals surface area contributed by atoms with Crippen LogP contribution in [0.1, 0.15) is 20.8 Å². The molecule has 1 aromatic carbocycles. The van der Waals surface area contributed by atoms with Crippen molar-refractivity contribution in [3.63, 3.8) is 0 Å². The molecule has 0 saturated carbocycles. The highest BCUT2D eigenvalue weighted by molar-refractivity contribution is 9.10. The van der Waals surface area contributed by atoms with Crippen LogP contribution < -0.4 is 0 Å². The first-order chi connectivity index (χ1) is 8.66. The van der Waals surface area contributed by atoms with E-state index in [1.807, 2.05) is 20.8 Å². The van der Waals surface area contributed by atoms with Crippen LogP contribution in [0, 0.1) is 11.3 Å². The summed E-state index contributed by atoms with van der Waals surface area (Å²) < 4.78 is 25.3. The summed E-state index contributed by atoms with van der Waals surface area (Å²) in [5.74, 6) is 0. The maximum Gasteiger partial charge on any atom is 0.199 e. The van der Waals surface area contributed by atoms with E-state index in [0.717, 1.165) is 4.47 Å². The molecule has 102 valence electrons. The Kier molecular flexibility index (Phi) is 4.88. The third kappa shape index (κ3) is 4.44. The number of halogens is 1. The van der Waals surface area contributed by atoms with Crippen molar-refractivity contribution in [2.45, 2.75) is 36.5 Å². The van der Waals surface area contributed by atoms with Crippen LogP contribution in [0.25, 0.3) is 0 Å². The summed E-state index contributed by atoms with van der Waals surface area (Å²) in [5.41, 5.74) is -0.412. The number of hydrogen-bond acceptors (Lipinski definition) is 4. The van der Waals surface area contributed by atoms with Gasteiger partial charge in [0.2, 0.25) is 0 Å². The zero-order chi connectivity index (χ0) is 14.7. The van der Waals surface area contributed by atoms with Crippen LogP contribution in [0.3, 0.4) is 0 Å². The van der Waals surface area contributed by atoms with E-state index in [2.05, 4.69) is 20.9 Å². The number of nitrogens with zero attached hydrogens (tertiary/aromatic N) is 2. The van der Waals surface area contributed by atoms with Crippen molar-refractivity contribution in [3.8, 4) is 6.07 Å². The standard InChI is InChI=1S/C13H15BrN2O2S/c1-13(2,3)16-9-12(8-15)19(17,18)11-6-4-10(14)5-7-11/h4-7,9,12H,1-3H3. The first-order valence-electron chi connectivity index (χ1n) is 5.61. The minimum absolute atomic E-state index is 0.114. The minimum Gasteiger partial charge on any atom is -0.289 e. The molecule has 0 aliphatic heterocycles. The van der Waals surface area contributed by atoms with Gasteiger partial charge in [-0.25, -0.2) is 8.42 Å². The van der Waals surface area contributed by atoms with Crippen molar-refractivity contribution in [1.82, 2.24) is 0 Å². The Morgan fingerprint density at radius 2 is 1.84 bits per heavy atom. The highest BCUT2D eigenvalue weighted by Crippen LogP contribution is 2.19. The summed E-state index contributed by atoms with van der Waals surface area (Å²) in [6.07, 6.45) is 1.21. The molecule has 0 N–H and O–H groups in total. The maximum absolute atomic E-state index is 12.3. The van der Waals surface area contributed by atoms with Crippen molar-refractivity contribution >= 4 is 32.0 Å². The van der Waals surface area contributed by atoms with E-state index >= 15 is 0 Å². The summed E-state index contributed by atoms with van der Waals surface area (Å²) in [6.45, 7) is 5.51. The first-order valence-corrected chi connectivity index (χ1v) is 7.95. The first kappa shape index (κ1) is 15.9. The Hall–Kier alpha value is -1.19. The van der Waals surface area contributed by atoms with Crippen molar-refractivity contribution < 1.29 is 8.42 Å². The van der Waals surface area contributed by atoms with Gasteiger partial charge in [0, 0.05) is 10.7 Å². The van der Waals surface area contributed by atoms with E-state index in [9.17, 15) is 8.42 Å². The topological polar surface area (TPSA) is 70.3 Å². The molecule has 0 radical (unpaired) electrons. The Morgan fingerprint density at radius 3 is 2.26 bits per heavy atom. The van der Waals surface area contributed by atoms with Gasteiger partial charge >= 0.3 is 0 Å². The van der Waals surface area contributed by atoms with Crippen molar-refractivity contribution in [2.75, 3.05) is 0 Å². The molecule has 0 aliphatic carbocycles. The molecule has 6 heteroatoms. The summed E-state index contributed by atoms with van der Waals surface area (Å²) >= 11 is 3.24. The fourth-order valence-electron chi connectivity index (χ4n) is 1.25. The quantitative estimate of drug-likeness (QED) is 0.792. The van der Waals surface area contributed by atoms with E-state index in [0.29, 0.717) is 0 Å². The highest BCUT2D eigenvalue weighted by atomic mass is 79.9. The maximum atomic E-state index is 12.3. The van der Waals surface area contributed by atoms with Gasteiger partial charge in [0.15, 0.2) is 15.1 Å². The second-order valence-corrected chi connectivity index (χ2v) is 7.98. The van der Waals surface area contributed by atoms with Gasteiger partial charge in [0.25, 0.3) is 0 Å². The fourth-order valence-corrected chi connectivity index (χ4v) is 2.68. The van der Waals surface area contributed by atoms with Crippen LogP contribution in [-0.2, 0) is 9.84 Å². The SMILES string of the molecule is CC(C)(C)N=CC(C#N)S(=O)(=O)c1ccc(Br)cc1. The number of aliphatic imine (C=N–C) groups is 1. The van der Waals surface area contributed by atoms with E-state index in [1.54, 1.807) is 18.2 Å². The van der Waals surface area contributed by atoms with Crippen LogP contribution in [0.15, 0.2) is 38.6 Å². The monoisotopic (exact) mass is 342 g/mol. The number of sulfone groups is 1. The van der Waals surface area contributed by atoms with Gasteiger partial charge in [-0.1, -0.05) is 15.9 Å². The lowest BCUT2D eigenvalue weighted by molar-refractivity contribution is 0.583. The Balaban J connectivity index is 3.14. The van der Waals surface area contributed by atoms with Gasteiger partial charge in [0.05, 0.1) is 16.5 Å².